The molecule has 1 saturated carbocycles. The van der Waals surface area contributed by atoms with E-state index in [0.717, 1.165) is 37.8 Å². The smallest absolute Gasteiger partial charge is 0.225 e. The van der Waals surface area contributed by atoms with Crippen LogP contribution in [0.2, 0.25) is 0 Å². The number of carbonyl (C=O) groups excluding carboxylic acids is 1. The van der Waals surface area contributed by atoms with Crippen LogP contribution >= 0.6 is 0 Å². The molecule has 3 rings (SSSR count). The van der Waals surface area contributed by atoms with Gasteiger partial charge in [0.05, 0.1) is 0 Å². The van der Waals surface area contributed by atoms with E-state index in [1.165, 1.54) is 51.6 Å². The number of hydrogen-bond acceptors (Lipinski definition) is 3. The van der Waals surface area contributed by atoms with E-state index in [0.29, 0.717) is 6.42 Å². The lowest BCUT2D eigenvalue weighted by atomic mass is 9.89. The maximum atomic E-state index is 12.1. The van der Waals surface area contributed by atoms with Crippen LogP contribution in [0, 0.1) is 5.92 Å². The van der Waals surface area contributed by atoms with E-state index in [9.17, 15) is 4.79 Å². The summed E-state index contributed by atoms with van der Waals surface area (Å²) in [6.07, 6.45) is 8.97. The van der Waals surface area contributed by atoms with Crippen molar-refractivity contribution in [1.29, 1.82) is 0 Å². The molecule has 1 amide bonds. The van der Waals surface area contributed by atoms with Crippen LogP contribution in [-0.4, -0.2) is 55.0 Å². The first kappa shape index (κ1) is 18.4. The van der Waals surface area contributed by atoms with Crippen molar-refractivity contribution in [2.75, 3.05) is 44.6 Å². The largest absolute Gasteiger partial charge is 0.326 e. The van der Waals surface area contributed by atoms with E-state index in [1.807, 2.05) is 30.3 Å². The van der Waals surface area contributed by atoms with Crippen LogP contribution in [0.4, 0.5) is 5.69 Å². The molecule has 0 unspecified atom stereocenters. The second-order valence-corrected chi connectivity index (χ2v) is 7.66. The fraction of sp³-hybridized carbons (Fsp3) is 0.667. The molecule has 1 saturated heterocycles. The molecule has 0 aromatic heterocycles. The summed E-state index contributed by atoms with van der Waals surface area (Å²) in [5.41, 5.74) is 0.891. The number of amides is 1. The summed E-state index contributed by atoms with van der Waals surface area (Å²) in [6, 6.07) is 9.74. The topological polar surface area (TPSA) is 35.6 Å². The fourth-order valence-electron chi connectivity index (χ4n) is 4.17. The van der Waals surface area contributed by atoms with Crippen LogP contribution in [0.1, 0.15) is 44.9 Å². The first-order valence-corrected chi connectivity index (χ1v) is 10.1. The number of hydrogen-bond donors (Lipinski definition) is 1. The second kappa shape index (κ2) is 9.93. The maximum absolute atomic E-state index is 12.1. The Morgan fingerprint density at radius 3 is 2.44 bits per heavy atom. The molecule has 4 nitrogen and oxygen atoms in total. The SMILES string of the molecule is O=C(CCN1CCCN(CC2CCCCC2)CC1)Nc1ccccc1. The molecule has 2 aliphatic rings. The first-order chi connectivity index (χ1) is 12.3. The molecule has 1 N–H and O–H groups in total. The third-order valence-corrected chi connectivity index (χ3v) is 5.63. The number of benzene rings is 1. The Morgan fingerprint density at radius 1 is 0.920 bits per heavy atom. The Hall–Kier alpha value is -1.39. The number of carbonyl (C=O) groups is 1. The van der Waals surface area contributed by atoms with Crippen LogP contribution in [-0.2, 0) is 4.79 Å². The number of nitrogens with one attached hydrogen (secondary N) is 1. The highest BCUT2D eigenvalue weighted by Gasteiger charge is 2.20. The lowest BCUT2D eigenvalue weighted by Crippen LogP contribution is -2.35. The Bertz CT molecular complexity index is 513. The van der Waals surface area contributed by atoms with Gasteiger partial charge < -0.3 is 15.1 Å². The maximum Gasteiger partial charge on any atom is 0.225 e. The van der Waals surface area contributed by atoms with Crippen molar-refractivity contribution in [3.63, 3.8) is 0 Å². The molecular formula is C21H33N3O. The average molecular weight is 344 g/mol. The van der Waals surface area contributed by atoms with E-state index >= 15 is 0 Å². The summed E-state index contributed by atoms with van der Waals surface area (Å²) in [5, 5.41) is 2.98. The van der Waals surface area contributed by atoms with Gasteiger partial charge in [-0.3, -0.25) is 4.79 Å². The van der Waals surface area contributed by atoms with Crippen LogP contribution in [0.3, 0.4) is 0 Å². The minimum absolute atomic E-state index is 0.120. The summed E-state index contributed by atoms with van der Waals surface area (Å²) in [5.74, 6) is 1.05. The molecule has 0 spiro atoms. The van der Waals surface area contributed by atoms with Gasteiger partial charge in [0.2, 0.25) is 5.91 Å². The third kappa shape index (κ3) is 6.44. The van der Waals surface area contributed by atoms with Gasteiger partial charge in [-0.05, 0) is 50.4 Å². The lowest BCUT2D eigenvalue weighted by Gasteiger charge is -2.28. The van der Waals surface area contributed by atoms with Gasteiger partial charge in [-0.25, -0.2) is 0 Å². The third-order valence-electron chi connectivity index (χ3n) is 5.63. The molecule has 1 heterocycles. The quantitative estimate of drug-likeness (QED) is 0.857. The predicted octanol–water partition coefficient (Wildman–Crippen LogP) is 3.60. The van der Waals surface area contributed by atoms with Gasteiger partial charge in [-0.15, -0.1) is 0 Å². The Morgan fingerprint density at radius 2 is 1.64 bits per heavy atom. The highest BCUT2D eigenvalue weighted by molar-refractivity contribution is 5.90. The number of nitrogens with zero attached hydrogens (tertiary/aromatic N) is 2. The second-order valence-electron chi connectivity index (χ2n) is 7.66. The minimum Gasteiger partial charge on any atom is -0.326 e. The zero-order valence-electron chi connectivity index (χ0n) is 15.5. The standard InChI is InChI=1S/C21H33N3O/c25-21(22-20-10-5-2-6-11-20)12-15-23-13-7-14-24(17-16-23)18-19-8-3-1-4-9-19/h2,5-6,10-11,19H,1,3-4,7-9,12-18H2,(H,22,25). The molecule has 1 aliphatic heterocycles. The minimum atomic E-state index is 0.120. The average Bonchev–Trinajstić information content (AvgIpc) is 2.87. The molecule has 4 heteroatoms. The van der Waals surface area contributed by atoms with Gasteiger partial charge in [-0.1, -0.05) is 37.5 Å². The van der Waals surface area contributed by atoms with Gasteiger partial charge in [0, 0.05) is 38.3 Å². The molecule has 1 aliphatic carbocycles. The van der Waals surface area contributed by atoms with Gasteiger partial charge in [-0.2, -0.15) is 0 Å². The van der Waals surface area contributed by atoms with E-state index in [4.69, 9.17) is 0 Å². The van der Waals surface area contributed by atoms with Gasteiger partial charge in [0.15, 0.2) is 0 Å². The summed E-state index contributed by atoms with van der Waals surface area (Å²) in [7, 11) is 0. The molecular weight excluding hydrogens is 310 g/mol. The van der Waals surface area contributed by atoms with Crippen molar-refractivity contribution in [3.05, 3.63) is 30.3 Å². The summed E-state index contributed by atoms with van der Waals surface area (Å²) >= 11 is 0. The van der Waals surface area contributed by atoms with Gasteiger partial charge in [0.1, 0.15) is 0 Å². The van der Waals surface area contributed by atoms with Crippen LogP contribution in [0.15, 0.2) is 30.3 Å². The van der Waals surface area contributed by atoms with E-state index in [1.54, 1.807) is 0 Å². The van der Waals surface area contributed by atoms with Crippen molar-refractivity contribution >= 4 is 11.6 Å². The summed E-state index contributed by atoms with van der Waals surface area (Å²) in [6.45, 7) is 6.78. The molecule has 0 bridgehead atoms. The van der Waals surface area contributed by atoms with Crippen molar-refractivity contribution in [2.24, 2.45) is 5.92 Å². The van der Waals surface area contributed by atoms with Crippen LogP contribution in [0.5, 0.6) is 0 Å². The first-order valence-electron chi connectivity index (χ1n) is 10.1. The zero-order valence-corrected chi connectivity index (χ0v) is 15.5. The van der Waals surface area contributed by atoms with Gasteiger partial charge in [0.25, 0.3) is 0 Å². The van der Waals surface area contributed by atoms with Crippen molar-refractivity contribution in [3.8, 4) is 0 Å². The molecule has 0 radical (unpaired) electrons. The van der Waals surface area contributed by atoms with Gasteiger partial charge >= 0.3 is 0 Å². The molecule has 2 fully saturated rings. The molecule has 138 valence electrons. The Balaban J connectivity index is 1.35. The van der Waals surface area contributed by atoms with E-state index < -0.39 is 0 Å². The zero-order chi connectivity index (χ0) is 17.3. The number of para-hydroxylation sites is 1. The van der Waals surface area contributed by atoms with Crippen molar-refractivity contribution in [2.45, 2.75) is 44.9 Å². The summed E-state index contributed by atoms with van der Waals surface area (Å²) in [4.78, 5) is 17.3. The molecule has 0 atom stereocenters. The van der Waals surface area contributed by atoms with E-state index in [-0.39, 0.29) is 5.91 Å². The number of anilines is 1. The van der Waals surface area contributed by atoms with Crippen LogP contribution in [0.25, 0.3) is 0 Å². The molecule has 1 aromatic carbocycles. The Kier molecular flexibility index (Phi) is 7.31. The lowest BCUT2D eigenvalue weighted by molar-refractivity contribution is -0.116. The molecule has 25 heavy (non-hydrogen) atoms. The van der Waals surface area contributed by atoms with Crippen LogP contribution < -0.4 is 5.32 Å². The number of rotatable bonds is 6. The summed E-state index contributed by atoms with van der Waals surface area (Å²) < 4.78 is 0. The normalized spacial score (nSPS) is 21.0. The molecule has 1 aromatic rings. The highest BCUT2D eigenvalue weighted by Crippen LogP contribution is 2.24. The van der Waals surface area contributed by atoms with Crippen molar-refractivity contribution < 1.29 is 4.79 Å². The monoisotopic (exact) mass is 343 g/mol. The fourth-order valence-corrected chi connectivity index (χ4v) is 4.17. The highest BCUT2D eigenvalue weighted by atomic mass is 16.1. The Labute approximate surface area is 152 Å². The van der Waals surface area contributed by atoms with E-state index in [2.05, 4.69) is 15.1 Å². The predicted molar refractivity (Wildman–Crippen MR) is 104 cm³/mol. The van der Waals surface area contributed by atoms with Crippen molar-refractivity contribution in [1.82, 2.24) is 9.80 Å².